The topological polar surface area (TPSA) is 46.5 Å². The summed E-state index contributed by atoms with van der Waals surface area (Å²) in [7, 11) is 1.53. The first kappa shape index (κ1) is 17.3. The maximum atomic E-state index is 11.8. The predicted molar refractivity (Wildman–Crippen MR) is 85.9 cm³/mol. The van der Waals surface area contributed by atoms with Gasteiger partial charge in [0.05, 0.1) is 7.11 Å². The van der Waals surface area contributed by atoms with Crippen molar-refractivity contribution in [2.75, 3.05) is 7.11 Å². The summed E-state index contributed by atoms with van der Waals surface area (Å²) < 4.78 is 5.06. The molecule has 0 aromatic heterocycles. The molecule has 0 unspecified atom stereocenters. The molecule has 0 aliphatic rings. The van der Waals surface area contributed by atoms with Crippen molar-refractivity contribution >= 4 is 5.78 Å². The summed E-state index contributed by atoms with van der Waals surface area (Å²) in [5, 5.41) is 9.52. The lowest BCUT2D eigenvalue weighted by Crippen LogP contribution is -2.00. The van der Waals surface area contributed by atoms with E-state index in [0.717, 1.165) is 31.2 Å². The number of aryl methyl sites for hydroxylation is 1. The average Bonchev–Trinajstić information content (AvgIpc) is 2.50. The quantitative estimate of drug-likeness (QED) is 0.512. The van der Waals surface area contributed by atoms with E-state index < -0.39 is 0 Å². The van der Waals surface area contributed by atoms with Crippen LogP contribution in [-0.2, 0) is 11.2 Å². The number of hydrogen-bond acceptors (Lipinski definition) is 3. The highest BCUT2D eigenvalue weighted by Gasteiger charge is 2.06. The Morgan fingerprint density at radius 1 is 1.24 bits per heavy atom. The van der Waals surface area contributed by atoms with Crippen LogP contribution in [0.3, 0.4) is 0 Å². The van der Waals surface area contributed by atoms with Crippen LogP contribution < -0.4 is 4.74 Å². The molecule has 0 fully saturated rings. The zero-order chi connectivity index (χ0) is 15.5. The number of hydrogen-bond donors (Lipinski definition) is 1. The molecule has 0 aliphatic heterocycles. The third-order valence-electron chi connectivity index (χ3n) is 3.50. The van der Waals surface area contributed by atoms with Crippen LogP contribution in [-0.4, -0.2) is 18.0 Å². The van der Waals surface area contributed by atoms with E-state index in [2.05, 4.69) is 12.2 Å². The smallest absolute Gasteiger partial charge is 0.160 e. The molecule has 0 saturated carbocycles. The van der Waals surface area contributed by atoms with E-state index in [1.807, 2.05) is 13.0 Å². The molecule has 3 heteroatoms. The molecule has 0 atom stereocenters. The average molecular weight is 290 g/mol. The Morgan fingerprint density at radius 3 is 2.76 bits per heavy atom. The van der Waals surface area contributed by atoms with E-state index in [-0.39, 0.29) is 5.75 Å². The van der Waals surface area contributed by atoms with Crippen molar-refractivity contribution in [3.05, 3.63) is 35.9 Å². The first-order chi connectivity index (χ1) is 10.2. The van der Waals surface area contributed by atoms with Gasteiger partial charge in [-0.2, -0.15) is 0 Å². The molecule has 0 heterocycles. The van der Waals surface area contributed by atoms with Crippen LogP contribution in [0.1, 0.15) is 51.0 Å². The van der Waals surface area contributed by atoms with E-state index in [1.165, 1.54) is 7.11 Å². The van der Waals surface area contributed by atoms with Crippen molar-refractivity contribution in [3.8, 4) is 11.5 Å². The van der Waals surface area contributed by atoms with Crippen LogP contribution in [0.4, 0.5) is 0 Å². The summed E-state index contributed by atoms with van der Waals surface area (Å²) in [6, 6.07) is 5.24. The van der Waals surface area contributed by atoms with Gasteiger partial charge in [0.25, 0.3) is 0 Å². The number of methoxy groups -OCH3 is 1. The maximum Gasteiger partial charge on any atom is 0.160 e. The summed E-state index contributed by atoms with van der Waals surface area (Å²) in [5.74, 6) is 0.908. The Labute approximate surface area is 127 Å². The molecule has 1 N–H and O–H groups in total. The second-order valence-electron chi connectivity index (χ2n) is 5.21. The summed E-state index contributed by atoms with van der Waals surface area (Å²) in [6.45, 7) is 2.03. The number of carbonyl (C=O) groups is 1. The molecule has 116 valence electrons. The SMILES string of the molecule is C/C=C/CCCCCC(=O)CCc1ccc(O)c(OC)c1. The number of aromatic hydroxyl groups is 1. The highest BCUT2D eigenvalue weighted by molar-refractivity contribution is 5.78. The van der Waals surface area contributed by atoms with Crippen LogP contribution >= 0.6 is 0 Å². The molecular weight excluding hydrogens is 264 g/mol. The van der Waals surface area contributed by atoms with Crippen molar-refractivity contribution in [2.45, 2.75) is 51.9 Å². The zero-order valence-corrected chi connectivity index (χ0v) is 13.1. The second kappa shape index (κ2) is 10.0. The van der Waals surface area contributed by atoms with Crippen LogP contribution in [0.5, 0.6) is 11.5 Å². The number of Topliss-reactive ketones (excluding diaryl/α,β-unsaturated/α-hetero) is 1. The van der Waals surface area contributed by atoms with Gasteiger partial charge in [-0.3, -0.25) is 4.79 Å². The summed E-state index contributed by atoms with van der Waals surface area (Å²) in [4.78, 5) is 11.8. The summed E-state index contributed by atoms with van der Waals surface area (Å²) >= 11 is 0. The molecule has 1 aromatic rings. The monoisotopic (exact) mass is 290 g/mol. The fourth-order valence-electron chi connectivity index (χ4n) is 2.21. The minimum absolute atomic E-state index is 0.133. The number of unbranched alkanes of at least 4 members (excludes halogenated alkanes) is 3. The Balaban J connectivity index is 2.23. The molecule has 0 bridgehead atoms. The number of phenols is 1. The van der Waals surface area contributed by atoms with Crippen molar-refractivity contribution in [1.82, 2.24) is 0 Å². The van der Waals surface area contributed by atoms with Gasteiger partial charge >= 0.3 is 0 Å². The zero-order valence-electron chi connectivity index (χ0n) is 13.1. The van der Waals surface area contributed by atoms with Crippen LogP contribution in [0, 0.1) is 0 Å². The number of ether oxygens (including phenoxy) is 1. The first-order valence-corrected chi connectivity index (χ1v) is 7.66. The molecule has 1 rings (SSSR count). The van der Waals surface area contributed by atoms with Crippen molar-refractivity contribution in [1.29, 1.82) is 0 Å². The van der Waals surface area contributed by atoms with E-state index >= 15 is 0 Å². The predicted octanol–water partition coefficient (Wildman–Crippen LogP) is 4.43. The van der Waals surface area contributed by atoms with Crippen LogP contribution in [0.2, 0.25) is 0 Å². The van der Waals surface area contributed by atoms with Crippen molar-refractivity contribution in [2.24, 2.45) is 0 Å². The van der Waals surface area contributed by atoms with Gasteiger partial charge in [-0.1, -0.05) is 24.6 Å². The molecular formula is C18H26O3. The third kappa shape index (κ3) is 6.98. The van der Waals surface area contributed by atoms with Crippen LogP contribution in [0.15, 0.2) is 30.4 Å². The number of benzene rings is 1. The third-order valence-corrected chi connectivity index (χ3v) is 3.50. The number of ketones is 1. The normalized spacial score (nSPS) is 11.0. The molecule has 0 saturated heterocycles. The molecule has 0 amide bonds. The minimum Gasteiger partial charge on any atom is -0.504 e. The molecule has 21 heavy (non-hydrogen) atoms. The fraction of sp³-hybridized carbons (Fsp3) is 0.500. The van der Waals surface area contributed by atoms with Gasteiger partial charge in [-0.05, 0) is 50.3 Å². The standard InChI is InChI=1S/C18H26O3/c1-3-4-5-6-7-8-9-16(19)12-10-15-11-13-17(20)18(14-15)21-2/h3-4,11,13-14,20H,5-10,12H2,1-2H3/b4-3+. The number of rotatable bonds is 10. The van der Waals surface area contributed by atoms with Crippen molar-refractivity contribution < 1.29 is 14.6 Å². The Bertz CT molecular complexity index is 464. The van der Waals surface area contributed by atoms with Gasteiger partial charge in [0.2, 0.25) is 0 Å². The van der Waals surface area contributed by atoms with E-state index in [4.69, 9.17) is 4.74 Å². The van der Waals surface area contributed by atoms with E-state index in [9.17, 15) is 9.90 Å². The summed E-state index contributed by atoms with van der Waals surface area (Å²) in [5.41, 5.74) is 1.02. The number of phenolic OH excluding ortho intramolecular Hbond substituents is 1. The van der Waals surface area contributed by atoms with Gasteiger partial charge in [0.15, 0.2) is 11.5 Å². The fourth-order valence-corrected chi connectivity index (χ4v) is 2.21. The Morgan fingerprint density at radius 2 is 2.05 bits per heavy atom. The number of carbonyl (C=O) groups excluding carboxylic acids is 1. The molecule has 1 aromatic carbocycles. The van der Waals surface area contributed by atoms with Gasteiger partial charge < -0.3 is 9.84 Å². The summed E-state index contributed by atoms with van der Waals surface area (Å²) in [6.07, 6.45) is 10.5. The van der Waals surface area contributed by atoms with Gasteiger partial charge in [-0.25, -0.2) is 0 Å². The van der Waals surface area contributed by atoms with Gasteiger partial charge in [0, 0.05) is 12.8 Å². The lowest BCUT2D eigenvalue weighted by atomic mass is 10.0. The van der Waals surface area contributed by atoms with E-state index in [1.54, 1.807) is 12.1 Å². The molecule has 0 spiro atoms. The van der Waals surface area contributed by atoms with Crippen molar-refractivity contribution in [3.63, 3.8) is 0 Å². The minimum atomic E-state index is 0.133. The largest absolute Gasteiger partial charge is 0.504 e. The molecule has 0 radical (unpaired) electrons. The first-order valence-electron chi connectivity index (χ1n) is 7.66. The molecule has 3 nitrogen and oxygen atoms in total. The van der Waals surface area contributed by atoms with E-state index in [0.29, 0.717) is 30.8 Å². The van der Waals surface area contributed by atoms with Gasteiger partial charge in [0.1, 0.15) is 5.78 Å². The second-order valence-corrected chi connectivity index (χ2v) is 5.21. The highest BCUT2D eigenvalue weighted by atomic mass is 16.5. The van der Waals surface area contributed by atoms with Crippen LogP contribution in [0.25, 0.3) is 0 Å². The molecule has 0 aliphatic carbocycles. The number of allylic oxidation sites excluding steroid dienone is 2. The lowest BCUT2D eigenvalue weighted by molar-refractivity contribution is -0.119. The Kier molecular flexibility index (Phi) is 8.25. The maximum absolute atomic E-state index is 11.8. The van der Waals surface area contributed by atoms with Gasteiger partial charge in [-0.15, -0.1) is 0 Å². The lowest BCUT2D eigenvalue weighted by Gasteiger charge is -2.06. The Hall–Kier alpha value is -1.77. The highest BCUT2D eigenvalue weighted by Crippen LogP contribution is 2.26.